The Bertz CT molecular complexity index is 872. The summed E-state index contributed by atoms with van der Waals surface area (Å²) in [5.41, 5.74) is 5.37. The van der Waals surface area contributed by atoms with Gasteiger partial charge < -0.3 is 13.2 Å². The SMILES string of the molecule is Cc1cc(Oc2ccc(N([Si](C)(C)C)[Si](C)(C)C)c(C)c2)ccc1N([Si](C)(C)C)[Si](C)(C)C. The van der Waals surface area contributed by atoms with Crippen LogP contribution in [0.1, 0.15) is 11.1 Å². The Kier molecular flexibility index (Phi) is 7.96. The second kappa shape index (κ2) is 9.40. The van der Waals surface area contributed by atoms with Gasteiger partial charge in [0.15, 0.2) is 0 Å². The summed E-state index contributed by atoms with van der Waals surface area (Å²) in [6, 6.07) is 13.3. The summed E-state index contributed by atoms with van der Waals surface area (Å²) >= 11 is 0. The first-order chi connectivity index (χ1) is 14.7. The Morgan fingerprint density at radius 1 is 0.485 bits per heavy atom. The highest BCUT2D eigenvalue weighted by Crippen LogP contribution is 2.36. The molecule has 0 spiro atoms. The predicted molar refractivity (Wildman–Crippen MR) is 161 cm³/mol. The van der Waals surface area contributed by atoms with E-state index in [9.17, 15) is 0 Å². The van der Waals surface area contributed by atoms with Crippen LogP contribution in [-0.2, 0) is 0 Å². The number of anilines is 2. The highest BCUT2D eigenvalue weighted by Gasteiger charge is 2.36. The van der Waals surface area contributed by atoms with E-state index >= 15 is 0 Å². The van der Waals surface area contributed by atoms with E-state index in [4.69, 9.17) is 4.74 Å². The molecule has 0 amide bonds. The zero-order valence-electron chi connectivity index (χ0n) is 23.8. The third-order valence-electron chi connectivity index (χ3n) is 5.74. The van der Waals surface area contributed by atoms with Crippen LogP contribution in [0.5, 0.6) is 11.5 Å². The summed E-state index contributed by atoms with van der Waals surface area (Å²) in [4.78, 5) is 0. The van der Waals surface area contributed by atoms with E-state index < -0.39 is 32.9 Å². The normalized spacial score (nSPS) is 13.2. The van der Waals surface area contributed by atoms with Gasteiger partial charge in [0.05, 0.1) is 0 Å². The lowest BCUT2D eigenvalue weighted by Crippen LogP contribution is -2.59. The Morgan fingerprint density at radius 2 is 0.758 bits per heavy atom. The lowest BCUT2D eigenvalue weighted by molar-refractivity contribution is 0.482. The van der Waals surface area contributed by atoms with Crippen molar-refractivity contribution >= 4 is 44.3 Å². The van der Waals surface area contributed by atoms with Crippen molar-refractivity contribution in [2.45, 2.75) is 92.4 Å². The van der Waals surface area contributed by atoms with E-state index in [0.717, 1.165) is 11.5 Å². The number of nitrogens with zero attached hydrogens (tertiary/aromatic N) is 2. The zero-order chi connectivity index (χ0) is 25.6. The molecule has 184 valence electrons. The number of hydrogen-bond donors (Lipinski definition) is 0. The quantitative estimate of drug-likeness (QED) is 0.325. The molecular weight excluding hydrogens is 469 g/mol. The fraction of sp³-hybridized carbons (Fsp3) is 0.538. The van der Waals surface area contributed by atoms with Gasteiger partial charge in [-0.3, -0.25) is 0 Å². The molecule has 7 heteroatoms. The number of hydrogen-bond acceptors (Lipinski definition) is 3. The van der Waals surface area contributed by atoms with E-state index in [1.807, 2.05) is 0 Å². The fourth-order valence-electron chi connectivity index (χ4n) is 5.48. The number of ether oxygens (including phenoxy) is 1. The van der Waals surface area contributed by atoms with Gasteiger partial charge >= 0.3 is 0 Å². The molecule has 0 aromatic heterocycles. The van der Waals surface area contributed by atoms with Crippen molar-refractivity contribution < 1.29 is 4.74 Å². The second-order valence-corrected chi connectivity index (χ2v) is 33.4. The largest absolute Gasteiger partial charge is 0.457 e. The first kappa shape index (κ1) is 27.9. The van der Waals surface area contributed by atoms with Gasteiger partial charge in [-0.2, -0.15) is 0 Å². The lowest BCUT2D eigenvalue weighted by atomic mass is 10.2. The Hall–Kier alpha value is -1.29. The van der Waals surface area contributed by atoms with Gasteiger partial charge in [-0.05, 0) is 61.4 Å². The van der Waals surface area contributed by atoms with Gasteiger partial charge in [-0.15, -0.1) is 0 Å². The van der Waals surface area contributed by atoms with E-state index in [0.29, 0.717) is 0 Å². The third kappa shape index (κ3) is 6.87. The molecule has 0 aliphatic rings. The van der Waals surface area contributed by atoms with Crippen molar-refractivity contribution in [1.82, 2.24) is 0 Å². The minimum absolute atomic E-state index is 0.918. The first-order valence-corrected chi connectivity index (χ1v) is 26.0. The molecule has 3 nitrogen and oxygen atoms in total. The fourth-order valence-corrected chi connectivity index (χ4v) is 25.5. The Labute approximate surface area is 208 Å². The average Bonchev–Trinajstić information content (AvgIpc) is 2.54. The van der Waals surface area contributed by atoms with E-state index in [-0.39, 0.29) is 0 Å². The maximum absolute atomic E-state index is 6.36. The maximum Gasteiger partial charge on any atom is 0.138 e. The van der Waals surface area contributed by atoms with Crippen LogP contribution in [0.15, 0.2) is 36.4 Å². The summed E-state index contributed by atoms with van der Waals surface area (Å²) in [6.07, 6.45) is 0. The van der Waals surface area contributed by atoms with E-state index in [2.05, 4.69) is 137 Å². The molecular formula is C26H48N2OSi4. The molecule has 0 atom stereocenters. The van der Waals surface area contributed by atoms with Crippen molar-refractivity contribution in [3.63, 3.8) is 0 Å². The smallest absolute Gasteiger partial charge is 0.138 e. The van der Waals surface area contributed by atoms with Gasteiger partial charge in [0.1, 0.15) is 44.4 Å². The minimum atomic E-state index is -1.49. The summed E-state index contributed by atoms with van der Waals surface area (Å²) in [5.74, 6) is 1.84. The average molecular weight is 517 g/mol. The minimum Gasteiger partial charge on any atom is -0.457 e. The number of aryl methyl sites for hydroxylation is 2. The van der Waals surface area contributed by atoms with Crippen molar-refractivity contribution in [3.8, 4) is 11.5 Å². The van der Waals surface area contributed by atoms with Gasteiger partial charge in [0.2, 0.25) is 0 Å². The number of rotatable bonds is 8. The highest BCUT2D eigenvalue weighted by atomic mass is 28.4. The molecule has 2 aromatic carbocycles. The summed E-state index contributed by atoms with van der Waals surface area (Å²) in [7, 11) is -5.94. The molecule has 0 aliphatic carbocycles. The summed E-state index contributed by atoms with van der Waals surface area (Å²) < 4.78 is 11.9. The second-order valence-electron chi connectivity index (χ2n) is 13.4. The molecule has 0 heterocycles. The van der Waals surface area contributed by atoms with Crippen LogP contribution in [0.4, 0.5) is 11.4 Å². The maximum atomic E-state index is 6.36. The molecule has 0 saturated heterocycles. The number of benzene rings is 2. The molecule has 2 rings (SSSR count). The van der Waals surface area contributed by atoms with Crippen LogP contribution in [0.2, 0.25) is 78.6 Å². The molecule has 0 aliphatic heterocycles. The molecule has 0 bridgehead atoms. The van der Waals surface area contributed by atoms with Crippen LogP contribution < -0.4 is 13.2 Å². The molecule has 33 heavy (non-hydrogen) atoms. The van der Waals surface area contributed by atoms with Crippen molar-refractivity contribution in [2.24, 2.45) is 0 Å². The van der Waals surface area contributed by atoms with Gasteiger partial charge in [-0.25, -0.2) is 0 Å². The molecule has 0 unspecified atom stereocenters. The Balaban J connectivity index is 2.38. The summed E-state index contributed by atoms with van der Waals surface area (Å²) in [5, 5.41) is 0. The first-order valence-electron chi connectivity index (χ1n) is 12.2. The lowest BCUT2D eigenvalue weighted by Gasteiger charge is -2.46. The predicted octanol–water partition coefficient (Wildman–Crippen LogP) is 9.05. The van der Waals surface area contributed by atoms with Crippen molar-refractivity contribution in [1.29, 1.82) is 0 Å². The van der Waals surface area contributed by atoms with Crippen molar-refractivity contribution in [3.05, 3.63) is 47.5 Å². The third-order valence-corrected chi connectivity index (χ3v) is 20.1. The monoisotopic (exact) mass is 516 g/mol. The van der Waals surface area contributed by atoms with Gasteiger partial charge in [0.25, 0.3) is 0 Å². The highest BCUT2D eigenvalue weighted by molar-refractivity contribution is 7.00. The molecule has 0 saturated carbocycles. The Morgan fingerprint density at radius 3 is 0.970 bits per heavy atom. The molecule has 0 radical (unpaired) electrons. The van der Waals surface area contributed by atoms with Gasteiger partial charge in [-0.1, -0.05) is 78.6 Å². The van der Waals surface area contributed by atoms with Crippen molar-refractivity contribution in [2.75, 3.05) is 8.46 Å². The van der Waals surface area contributed by atoms with Crippen LogP contribution in [0, 0.1) is 13.8 Å². The standard InChI is InChI=1S/C26H48N2OSi4/c1-21-19-23(15-17-25(21)27(30(3,4)5)31(6,7)8)29-24-16-18-26(22(2)20-24)28(32(9,10)11)33(12,13)14/h15-20H,1-14H3. The topological polar surface area (TPSA) is 15.7 Å². The van der Waals surface area contributed by atoms with Crippen LogP contribution >= 0.6 is 0 Å². The van der Waals surface area contributed by atoms with Crippen LogP contribution in [0.3, 0.4) is 0 Å². The van der Waals surface area contributed by atoms with Crippen LogP contribution in [0.25, 0.3) is 0 Å². The summed E-state index contributed by atoms with van der Waals surface area (Å²) in [6.45, 7) is 33.8. The van der Waals surface area contributed by atoms with E-state index in [1.54, 1.807) is 0 Å². The molecule has 2 aromatic rings. The zero-order valence-corrected chi connectivity index (χ0v) is 27.8. The van der Waals surface area contributed by atoms with Crippen LogP contribution in [-0.4, -0.2) is 32.9 Å². The van der Waals surface area contributed by atoms with E-state index in [1.165, 1.54) is 22.5 Å². The molecule has 0 N–H and O–H groups in total. The molecule has 0 fully saturated rings. The van der Waals surface area contributed by atoms with Gasteiger partial charge in [0, 0.05) is 11.4 Å².